The molecule has 0 saturated carbocycles. The standard InChI is InChI=1S/C27H30N6O3.CH4/c1-18(2)36-27(35)32-8-6-25(7-9-32)33-17-23(15-30-33)26(34)12-24-11-21-10-19(4-5-20(21)13-28-24)22-14-29-31(3)16-22;/h4-5,10-11,13-18,25H,6-9,12H2,1-3H3;1H4. The van der Waals surface area contributed by atoms with Crippen molar-refractivity contribution in [3.63, 3.8) is 0 Å². The quantitative estimate of drug-likeness (QED) is 0.342. The average molecular weight is 503 g/mol. The SMILES string of the molecule is C.CC(C)OC(=O)N1CCC(n2cc(C(=O)Cc3cc4cc(-c5cnn(C)c5)ccc4cn3)cn2)CC1. The first-order chi connectivity index (χ1) is 17.4. The van der Waals surface area contributed by atoms with Crippen molar-refractivity contribution in [3.8, 4) is 11.1 Å². The van der Waals surface area contributed by atoms with Crippen LogP contribution in [0.2, 0.25) is 0 Å². The fourth-order valence-corrected chi connectivity index (χ4v) is 4.57. The van der Waals surface area contributed by atoms with Gasteiger partial charge in [0.25, 0.3) is 0 Å². The third-order valence-corrected chi connectivity index (χ3v) is 6.52. The van der Waals surface area contributed by atoms with Gasteiger partial charge in [-0.1, -0.05) is 19.6 Å². The van der Waals surface area contributed by atoms with Gasteiger partial charge in [0.1, 0.15) is 0 Å². The van der Waals surface area contributed by atoms with Gasteiger partial charge in [0.2, 0.25) is 0 Å². The molecule has 1 aliphatic heterocycles. The zero-order chi connectivity index (χ0) is 25.2. The van der Waals surface area contributed by atoms with Crippen molar-refractivity contribution in [1.82, 2.24) is 29.4 Å². The van der Waals surface area contributed by atoms with Gasteiger partial charge in [-0.15, -0.1) is 0 Å². The van der Waals surface area contributed by atoms with Gasteiger partial charge in [-0.25, -0.2) is 4.79 Å². The highest BCUT2D eigenvalue weighted by Gasteiger charge is 2.26. The number of Topliss-reactive ketones (excluding diaryl/α,β-unsaturated/α-hetero) is 1. The minimum Gasteiger partial charge on any atom is -0.447 e. The lowest BCUT2D eigenvalue weighted by molar-refractivity contribution is 0.0653. The van der Waals surface area contributed by atoms with Crippen LogP contribution in [0.4, 0.5) is 4.79 Å². The van der Waals surface area contributed by atoms with Gasteiger partial charge >= 0.3 is 6.09 Å². The number of amides is 1. The monoisotopic (exact) mass is 502 g/mol. The minimum absolute atomic E-state index is 0. The molecule has 0 N–H and O–H groups in total. The van der Waals surface area contributed by atoms with E-state index < -0.39 is 0 Å². The molecule has 4 heterocycles. The Balaban J connectivity index is 0.00000320. The molecule has 5 rings (SSSR count). The number of hydrogen-bond acceptors (Lipinski definition) is 6. The van der Waals surface area contributed by atoms with Crippen LogP contribution in [0.1, 0.15) is 56.2 Å². The summed E-state index contributed by atoms with van der Waals surface area (Å²) in [6.07, 6.45) is 10.4. The number of carbonyl (C=O) groups excluding carboxylic acids is 2. The Hall–Kier alpha value is -4.01. The smallest absolute Gasteiger partial charge is 0.410 e. The number of aryl methyl sites for hydroxylation is 1. The Morgan fingerprint density at radius 1 is 1.00 bits per heavy atom. The van der Waals surface area contributed by atoms with E-state index in [1.165, 1.54) is 0 Å². The first-order valence-electron chi connectivity index (χ1n) is 12.3. The predicted molar refractivity (Wildman–Crippen MR) is 142 cm³/mol. The van der Waals surface area contributed by atoms with Crippen LogP contribution >= 0.6 is 0 Å². The van der Waals surface area contributed by atoms with Crippen LogP contribution < -0.4 is 0 Å². The van der Waals surface area contributed by atoms with Crippen LogP contribution in [0.5, 0.6) is 0 Å². The van der Waals surface area contributed by atoms with Gasteiger partial charge in [-0.3, -0.25) is 19.1 Å². The second-order valence-electron chi connectivity index (χ2n) is 9.60. The predicted octanol–water partition coefficient (Wildman–Crippen LogP) is 5.08. The largest absolute Gasteiger partial charge is 0.447 e. The highest BCUT2D eigenvalue weighted by Crippen LogP contribution is 2.25. The lowest BCUT2D eigenvalue weighted by Gasteiger charge is -2.31. The summed E-state index contributed by atoms with van der Waals surface area (Å²) < 4.78 is 8.92. The van der Waals surface area contributed by atoms with Crippen LogP contribution in [0.15, 0.2) is 55.2 Å². The van der Waals surface area contributed by atoms with E-state index in [1.807, 2.05) is 62.5 Å². The highest BCUT2D eigenvalue weighted by molar-refractivity contribution is 5.97. The first-order valence-corrected chi connectivity index (χ1v) is 12.3. The van der Waals surface area contributed by atoms with E-state index in [-0.39, 0.29) is 37.9 Å². The molecule has 194 valence electrons. The van der Waals surface area contributed by atoms with Crippen molar-refractivity contribution in [2.75, 3.05) is 13.1 Å². The number of piperidine rings is 1. The summed E-state index contributed by atoms with van der Waals surface area (Å²) in [6.45, 7) is 4.92. The molecular formula is C28H34N6O3. The molecule has 0 unspecified atom stereocenters. The molecule has 9 heteroatoms. The van der Waals surface area contributed by atoms with Gasteiger partial charge in [0, 0.05) is 55.4 Å². The van der Waals surface area contributed by atoms with Crippen molar-refractivity contribution < 1.29 is 14.3 Å². The molecule has 0 spiro atoms. The Labute approximate surface area is 217 Å². The molecule has 1 aromatic carbocycles. The van der Waals surface area contributed by atoms with E-state index in [1.54, 1.807) is 15.8 Å². The molecule has 1 fully saturated rings. The fraction of sp³-hybridized carbons (Fsp3) is 0.393. The molecule has 3 aromatic heterocycles. The Kier molecular flexibility index (Phi) is 7.71. The average Bonchev–Trinajstić information content (AvgIpc) is 3.53. The van der Waals surface area contributed by atoms with E-state index in [9.17, 15) is 9.59 Å². The second-order valence-corrected chi connectivity index (χ2v) is 9.60. The summed E-state index contributed by atoms with van der Waals surface area (Å²) in [6, 6.07) is 8.32. The van der Waals surface area contributed by atoms with Crippen LogP contribution in [-0.4, -0.2) is 60.5 Å². The van der Waals surface area contributed by atoms with Gasteiger partial charge in [-0.05, 0) is 49.8 Å². The molecule has 37 heavy (non-hydrogen) atoms. The highest BCUT2D eigenvalue weighted by atomic mass is 16.6. The minimum atomic E-state index is -0.268. The summed E-state index contributed by atoms with van der Waals surface area (Å²) in [7, 11) is 1.90. The van der Waals surface area contributed by atoms with Gasteiger partial charge < -0.3 is 9.64 Å². The summed E-state index contributed by atoms with van der Waals surface area (Å²) in [5.41, 5.74) is 3.41. The summed E-state index contributed by atoms with van der Waals surface area (Å²) in [5.74, 6) is -0.0190. The van der Waals surface area contributed by atoms with E-state index in [0.29, 0.717) is 18.7 Å². The number of pyridine rings is 1. The van der Waals surface area contributed by atoms with Crippen LogP contribution in [-0.2, 0) is 18.2 Å². The van der Waals surface area contributed by atoms with E-state index in [0.717, 1.165) is 40.4 Å². The normalized spacial score (nSPS) is 14.1. The van der Waals surface area contributed by atoms with Crippen LogP contribution in [0, 0.1) is 0 Å². The van der Waals surface area contributed by atoms with E-state index in [2.05, 4.69) is 27.3 Å². The maximum absolute atomic E-state index is 13.0. The molecule has 4 aromatic rings. The van der Waals surface area contributed by atoms with Crippen LogP contribution in [0.3, 0.4) is 0 Å². The third kappa shape index (κ3) is 5.87. The molecule has 1 aliphatic rings. The number of fused-ring (bicyclic) bond motifs is 1. The fourth-order valence-electron chi connectivity index (χ4n) is 4.57. The topological polar surface area (TPSA) is 95.1 Å². The van der Waals surface area contributed by atoms with Gasteiger partial charge in [-0.2, -0.15) is 10.2 Å². The molecule has 9 nitrogen and oxygen atoms in total. The van der Waals surface area contributed by atoms with Crippen molar-refractivity contribution in [2.45, 2.75) is 52.7 Å². The molecule has 1 saturated heterocycles. The second kappa shape index (κ2) is 10.9. The Morgan fingerprint density at radius 2 is 1.78 bits per heavy atom. The van der Waals surface area contributed by atoms with Crippen LogP contribution in [0.25, 0.3) is 21.9 Å². The number of benzene rings is 1. The number of likely N-dealkylation sites (tertiary alicyclic amines) is 1. The summed E-state index contributed by atoms with van der Waals surface area (Å²) in [4.78, 5) is 31.4. The number of rotatable bonds is 6. The van der Waals surface area contributed by atoms with Crippen molar-refractivity contribution in [1.29, 1.82) is 0 Å². The zero-order valence-electron chi connectivity index (χ0n) is 20.8. The van der Waals surface area contributed by atoms with Crippen molar-refractivity contribution >= 4 is 22.6 Å². The molecule has 0 aliphatic carbocycles. The van der Waals surface area contributed by atoms with Crippen molar-refractivity contribution in [3.05, 3.63) is 66.5 Å². The number of nitrogens with zero attached hydrogens (tertiary/aromatic N) is 6. The number of ketones is 1. The lowest BCUT2D eigenvalue weighted by Crippen LogP contribution is -2.40. The number of aromatic nitrogens is 5. The summed E-state index contributed by atoms with van der Waals surface area (Å²) in [5, 5.41) is 10.8. The Morgan fingerprint density at radius 3 is 2.49 bits per heavy atom. The number of hydrogen-bond donors (Lipinski definition) is 0. The van der Waals surface area contributed by atoms with Gasteiger partial charge in [0.05, 0.1) is 36.5 Å². The molecule has 0 radical (unpaired) electrons. The molecule has 1 amide bonds. The maximum atomic E-state index is 13.0. The molecular weight excluding hydrogens is 468 g/mol. The zero-order valence-corrected chi connectivity index (χ0v) is 20.8. The first kappa shape index (κ1) is 26.1. The van der Waals surface area contributed by atoms with Crippen molar-refractivity contribution in [2.24, 2.45) is 7.05 Å². The lowest BCUT2D eigenvalue weighted by atomic mass is 10.0. The van der Waals surface area contributed by atoms with E-state index >= 15 is 0 Å². The third-order valence-electron chi connectivity index (χ3n) is 6.52. The summed E-state index contributed by atoms with van der Waals surface area (Å²) >= 11 is 0. The number of ether oxygens (including phenoxy) is 1. The molecule has 0 atom stereocenters. The van der Waals surface area contributed by atoms with E-state index in [4.69, 9.17) is 4.74 Å². The van der Waals surface area contributed by atoms with Gasteiger partial charge in [0.15, 0.2) is 5.78 Å². The Bertz CT molecular complexity index is 1400. The number of carbonyl (C=O) groups is 2. The molecule has 0 bridgehead atoms. The maximum Gasteiger partial charge on any atom is 0.410 e.